The molecule has 1 unspecified atom stereocenters. The zero-order chi connectivity index (χ0) is 15.4. The molecule has 1 amide bonds. The second-order valence-corrected chi connectivity index (χ2v) is 5.41. The highest BCUT2D eigenvalue weighted by molar-refractivity contribution is 6.31. The average Bonchev–Trinajstić information content (AvgIpc) is 2.85. The van der Waals surface area contributed by atoms with Crippen LogP contribution in [0.1, 0.15) is 18.2 Å². The monoisotopic (exact) mass is 307 g/mol. The molecule has 6 heteroatoms. The summed E-state index contributed by atoms with van der Waals surface area (Å²) in [6, 6.07) is 8.95. The number of anilines is 1. The maximum absolute atomic E-state index is 12.2. The van der Waals surface area contributed by atoms with Crippen LogP contribution in [0.25, 0.3) is 0 Å². The fraction of sp³-hybridized carbons (Fsp3) is 0.333. The van der Waals surface area contributed by atoms with Crippen LogP contribution >= 0.6 is 11.6 Å². The molecule has 5 nitrogen and oxygen atoms in total. The van der Waals surface area contributed by atoms with Crippen molar-refractivity contribution in [3.63, 3.8) is 0 Å². The molecule has 1 aromatic heterocycles. The van der Waals surface area contributed by atoms with Crippen LogP contribution in [0, 0.1) is 6.92 Å². The molecular formula is C15H18ClN3O2. The summed E-state index contributed by atoms with van der Waals surface area (Å²) >= 11 is 6.13. The number of aromatic nitrogens is 1. The van der Waals surface area contributed by atoms with E-state index in [1.165, 1.54) is 0 Å². The molecule has 1 aromatic carbocycles. The highest BCUT2D eigenvalue weighted by atomic mass is 35.5. The van der Waals surface area contributed by atoms with Gasteiger partial charge in [-0.05, 0) is 32.5 Å². The zero-order valence-corrected chi connectivity index (χ0v) is 13.0. The van der Waals surface area contributed by atoms with Crippen LogP contribution in [0.5, 0.6) is 0 Å². The Labute approximate surface area is 128 Å². The number of benzene rings is 1. The van der Waals surface area contributed by atoms with Gasteiger partial charge in [0.1, 0.15) is 0 Å². The second-order valence-electron chi connectivity index (χ2n) is 5.00. The quantitative estimate of drug-likeness (QED) is 0.922. The lowest BCUT2D eigenvalue weighted by Crippen LogP contribution is -2.39. The van der Waals surface area contributed by atoms with Gasteiger partial charge >= 0.3 is 0 Å². The van der Waals surface area contributed by atoms with Crippen LogP contribution in [0.4, 0.5) is 5.88 Å². The Hall–Kier alpha value is -1.85. The number of carbonyl (C=O) groups excluding carboxylic acids is 1. The van der Waals surface area contributed by atoms with E-state index in [1.54, 1.807) is 13.0 Å². The number of likely N-dealkylation sites (N-methyl/N-ethyl adjacent to an activating group) is 1. The number of nitrogens with one attached hydrogen (secondary N) is 1. The molecule has 21 heavy (non-hydrogen) atoms. The topological polar surface area (TPSA) is 58.4 Å². The van der Waals surface area contributed by atoms with E-state index >= 15 is 0 Å². The third-order valence-electron chi connectivity index (χ3n) is 3.29. The van der Waals surface area contributed by atoms with Gasteiger partial charge in [0, 0.05) is 17.6 Å². The van der Waals surface area contributed by atoms with Gasteiger partial charge in [-0.25, -0.2) is 0 Å². The summed E-state index contributed by atoms with van der Waals surface area (Å²) in [4.78, 5) is 14.1. The first-order valence-corrected chi connectivity index (χ1v) is 7.03. The Morgan fingerprint density at radius 2 is 2.19 bits per heavy atom. The number of hydrogen-bond acceptors (Lipinski definition) is 4. The molecule has 1 atom stereocenters. The predicted molar refractivity (Wildman–Crippen MR) is 82.3 cm³/mol. The summed E-state index contributed by atoms with van der Waals surface area (Å²) in [5, 5.41) is 7.13. The molecule has 0 fully saturated rings. The predicted octanol–water partition coefficient (Wildman–Crippen LogP) is 3.10. The van der Waals surface area contributed by atoms with Gasteiger partial charge in [-0.3, -0.25) is 15.0 Å². The molecule has 0 saturated heterocycles. The van der Waals surface area contributed by atoms with Crippen LogP contribution < -0.4 is 5.32 Å². The van der Waals surface area contributed by atoms with Crippen molar-refractivity contribution >= 4 is 23.4 Å². The van der Waals surface area contributed by atoms with Crippen molar-refractivity contribution in [1.82, 2.24) is 10.1 Å². The van der Waals surface area contributed by atoms with Gasteiger partial charge < -0.3 is 4.52 Å². The molecule has 0 saturated carbocycles. The molecule has 0 radical (unpaired) electrons. The Bertz CT molecular complexity index is 627. The van der Waals surface area contributed by atoms with E-state index < -0.39 is 0 Å². The van der Waals surface area contributed by atoms with Crippen molar-refractivity contribution in [2.75, 3.05) is 12.4 Å². The van der Waals surface area contributed by atoms with Gasteiger partial charge in [-0.2, -0.15) is 0 Å². The lowest BCUT2D eigenvalue weighted by Gasteiger charge is -2.23. The van der Waals surface area contributed by atoms with Crippen molar-refractivity contribution in [3.8, 4) is 0 Å². The largest absolute Gasteiger partial charge is 0.338 e. The number of aryl methyl sites for hydroxylation is 1. The number of rotatable bonds is 5. The van der Waals surface area contributed by atoms with E-state index in [0.717, 1.165) is 11.3 Å². The fourth-order valence-electron chi connectivity index (χ4n) is 1.88. The number of carbonyl (C=O) groups is 1. The molecule has 0 aliphatic rings. The van der Waals surface area contributed by atoms with Gasteiger partial charge in [-0.15, -0.1) is 0 Å². The third kappa shape index (κ3) is 4.06. The minimum Gasteiger partial charge on any atom is -0.338 e. The summed E-state index contributed by atoms with van der Waals surface area (Å²) < 4.78 is 4.98. The first kappa shape index (κ1) is 15.5. The summed E-state index contributed by atoms with van der Waals surface area (Å²) in [6.07, 6.45) is 0. The number of hydrogen-bond donors (Lipinski definition) is 1. The lowest BCUT2D eigenvalue weighted by atomic mass is 10.2. The molecule has 2 aromatic rings. The molecule has 2 rings (SSSR count). The van der Waals surface area contributed by atoms with E-state index in [1.807, 2.05) is 43.1 Å². The standard InChI is InChI=1S/C15H18ClN3O2/c1-10-8-14(21-18-10)17-15(20)11(2)19(3)9-12-6-4-5-7-13(12)16/h4-8,11H,9H2,1-3H3,(H,17,20). The first-order valence-electron chi connectivity index (χ1n) is 6.65. The molecule has 0 spiro atoms. The Balaban J connectivity index is 1.97. The minimum absolute atomic E-state index is 0.152. The van der Waals surface area contributed by atoms with Gasteiger partial charge in [0.15, 0.2) is 0 Å². The summed E-state index contributed by atoms with van der Waals surface area (Å²) in [7, 11) is 1.87. The van der Waals surface area contributed by atoms with E-state index in [-0.39, 0.29) is 11.9 Å². The van der Waals surface area contributed by atoms with Crippen LogP contribution in [0.3, 0.4) is 0 Å². The van der Waals surface area contributed by atoms with Gasteiger partial charge in [0.05, 0.1) is 11.7 Å². The number of halogens is 1. The molecule has 112 valence electrons. The molecule has 0 aliphatic carbocycles. The number of amides is 1. The van der Waals surface area contributed by atoms with E-state index in [2.05, 4.69) is 10.5 Å². The summed E-state index contributed by atoms with van der Waals surface area (Å²) in [5.74, 6) is 0.205. The fourth-order valence-corrected chi connectivity index (χ4v) is 2.08. The SMILES string of the molecule is Cc1cc(NC(=O)C(C)N(C)Cc2ccccc2Cl)on1. The van der Waals surface area contributed by atoms with Crippen molar-refractivity contribution in [2.24, 2.45) is 0 Å². The van der Waals surface area contributed by atoms with Crippen molar-refractivity contribution in [3.05, 3.63) is 46.6 Å². The first-order chi connectivity index (χ1) is 9.97. The van der Waals surface area contributed by atoms with Gasteiger partial charge in [0.2, 0.25) is 11.8 Å². The smallest absolute Gasteiger partial charge is 0.243 e. The molecule has 0 bridgehead atoms. The zero-order valence-electron chi connectivity index (χ0n) is 12.3. The van der Waals surface area contributed by atoms with Crippen LogP contribution in [0.2, 0.25) is 5.02 Å². The number of nitrogens with zero attached hydrogens (tertiary/aromatic N) is 2. The maximum atomic E-state index is 12.2. The van der Waals surface area contributed by atoms with E-state index in [0.29, 0.717) is 17.5 Å². The van der Waals surface area contributed by atoms with Crippen LogP contribution in [-0.4, -0.2) is 29.1 Å². The van der Waals surface area contributed by atoms with Crippen LogP contribution in [0.15, 0.2) is 34.9 Å². The molecular weight excluding hydrogens is 290 g/mol. The highest BCUT2D eigenvalue weighted by Crippen LogP contribution is 2.18. The van der Waals surface area contributed by atoms with Crippen molar-refractivity contribution < 1.29 is 9.32 Å². The molecule has 0 aliphatic heterocycles. The Morgan fingerprint density at radius 3 is 2.81 bits per heavy atom. The summed E-state index contributed by atoms with van der Waals surface area (Å²) in [6.45, 7) is 4.21. The Morgan fingerprint density at radius 1 is 1.48 bits per heavy atom. The van der Waals surface area contributed by atoms with Gasteiger partial charge in [-0.1, -0.05) is 35.0 Å². The minimum atomic E-state index is -0.327. The van der Waals surface area contributed by atoms with Crippen molar-refractivity contribution in [1.29, 1.82) is 0 Å². The maximum Gasteiger partial charge on any atom is 0.243 e. The molecule has 1 heterocycles. The normalized spacial score (nSPS) is 12.4. The second kappa shape index (κ2) is 6.74. The highest BCUT2D eigenvalue weighted by Gasteiger charge is 2.20. The molecule has 1 N–H and O–H groups in total. The van der Waals surface area contributed by atoms with Gasteiger partial charge in [0.25, 0.3) is 0 Å². The van der Waals surface area contributed by atoms with Crippen molar-refractivity contribution in [2.45, 2.75) is 26.4 Å². The lowest BCUT2D eigenvalue weighted by molar-refractivity contribution is -0.120. The third-order valence-corrected chi connectivity index (χ3v) is 3.66. The summed E-state index contributed by atoms with van der Waals surface area (Å²) in [5.41, 5.74) is 1.71. The van der Waals surface area contributed by atoms with E-state index in [9.17, 15) is 4.79 Å². The Kier molecular flexibility index (Phi) is 4.98. The van der Waals surface area contributed by atoms with Crippen LogP contribution in [-0.2, 0) is 11.3 Å². The average molecular weight is 308 g/mol. The van der Waals surface area contributed by atoms with E-state index in [4.69, 9.17) is 16.1 Å².